The molecule has 0 saturated carbocycles. The summed E-state index contributed by atoms with van der Waals surface area (Å²) in [5.41, 5.74) is 8.81. The predicted molar refractivity (Wildman–Crippen MR) is 96.8 cm³/mol. The average molecular weight is 334 g/mol. The molecule has 0 unspecified atom stereocenters. The topological polar surface area (TPSA) is 100 Å². The van der Waals surface area contributed by atoms with Crippen LogP contribution < -0.4 is 16.0 Å². The van der Waals surface area contributed by atoms with Crippen molar-refractivity contribution in [1.29, 1.82) is 0 Å². The molecule has 0 bridgehead atoms. The lowest BCUT2D eigenvalue weighted by molar-refractivity contribution is 0.464. The zero-order valence-electron chi connectivity index (χ0n) is 13.6. The van der Waals surface area contributed by atoms with Crippen LogP contribution >= 0.6 is 0 Å². The Kier molecular flexibility index (Phi) is 3.81. The fraction of sp³-hybridized carbons (Fsp3) is 0.167. The highest BCUT2D eigenvalue weighted by Crippen LogP contribution is 2.29. The number of anilines is 4. The van der Waals surface area contributed by atoms with E-state index in [2.05, 4.69) is 20.3 Å². The van der Waals surface area contributed by atoms with Crippen molar-refractivity contribution in [2.45, 2.75) is 13.0 Å². The summed E-state index contributed by atoms with van der Waals surface area (Å²) in [6.07, 6.45) is 0.731. The van der Waals surface area contributed by atoms with Gasteiger partial charge in [-0.15, -0.1) is 0 Å². The fourth-order valence-corrected chi connectivity index (χ4v) is 2.99. The molecule has 2 aromatic carbocycles. The van der Waals surface area contributed by atoms with E-state index in [0.717, 1.165) is 23.2 Å². The molecule has 126 valence electrons. The Balaban J connectivity index is 1.61. The number of aromatic hydroxyl groups is 1. The van der Waals surface area contributed by atoms with Gasteiger partial charge in [0.1, 0.15) is 5.75 Å². The first-order chi connectivity index (χ1) is 12.2. The molecule has 0 fully saturated rings. The van der Waals surface area contributed by atoms with Gasteiger partial charge in [0.2, 0.25) is 17.8 Å². The van der Waals surface area contributed by atoms with Crippen LogP contribution in [-0.4, -0.2) is 26.6 Å². The standard InChI is InChI=1S/C18H18N6O/c19-16-21-17(20-13-6-2-1-3-7-13)23-18(22-16)24-10-9-14-12(11-24)5-4-8-15(14)25/h1-8,25H,9-11H2,(H3,19,20,21,22,23). The number of nitrogen functional groups attached to an aromatic ring is 1. The summed E-state index contributed by atoms with van der Waals surface area (Å²) in [6, 6.07) is 15.2. The number of nitrogens with two attached hydrogens (primary N) is 1. The normalized spacial score (nSPS) is 13.4. The van der Waals surface area contributed by atoms with Crippen molar-refractivity contribution >= 4 is 23.5 Å². The summed E-state index contributed by atoms with van der Waals surface area (Å²) in [4.78, 5) is 15.0. The highest BCUT2D eigenvalue weighted by molar-refractivity contribution is 5.55. The van der Waals surface area contributed by atoms with Gasteiger partial charge in [0.15, 0.2) is 0 Å². The van der Waals surface area contributed by atoms with Crippen LogP contribution in [0.5, 0.6) is 5.75 Å². The average Bonchev–Trinajstić information content (AvgIpc) is 2.62. The Hall–Kier alpha value is -3.35. The van der Waals surface area contributed by atoms with Crippen molar-refractivity contribution in [2.75, 3.05) is 22.5 Å². The lowest BCUT2D eigenvalue weighted by atomic mass is 9.99. The fourth-order valence-electron chi connectivity index (χ4n) is 2.99. The van der Waals surface area contributed by atoms with Crippen LogP contribution in [0.1, 0.15) is 11.1 Å². The number of fused-ring (bicyclic) bond motifs is 1. The quantitative estimate of drug-likeness (QED) is 0.676. The number of rotatable bonds is 3. The molecule has 7 nitrogen and oxygen atoms in total. The maximum atomic E-state index is 9.98. The number of aromatic nitrogens is 3. The van der Waals surface area contributed by atoms with Crippen molar-refractivity contribution in [3.05, 3.63) is 59.7 Å². The van der Waals surface area contributed by atoms with Crippen LogP contribution in [0.2, 0.25) is 0 Å². The molecule has 7 heteroatoms. The molecule has 1 aromatic heterocycles. The van der Waals surface area contributed by atoms with Gasteiger partial charge in [-0.1, -0.05) is 30.3 Å². The highest BCUT2D eigenvalue weighted by Gasteiger charge is 2.21. The molecule has 0 radical (unpaired) electrons. The van der Waals surface area contributed by atoms with E-state index in [0.29, 0.717) is 30.7 Å². The van der Waals surface area contributed by atoms with Crippen LogP contribution in [0.3, 0.4) is 0 Å². The van der Waals surface area contributed by atoms with Crippen LogP contribution in [0.25, 0.3) is 0 Å². The molecule has 0 spiro atoms. The van der Waals surface area contributed by atoms with Crippen LogP contribution in [0.15, 0.2) is 48.5 Å². The summed E-state index contributed by atoms with van der Waals surface area (Å²) in [7, 11) is 0. The van der Waals surface area contributed by atoms with Gasteiger partial charge in [-0.2, -0.15) is 15.0 Å². The third kappa shape index (κ3) is 3.16. The Morgan fingerprint density at radius 2 is 1.84 bits per heavy atom. The third-order valence-corrected chi connectivity index (χ3v) is 4.19. The van der Waals surface area contributed by atoms with E-state index >= 15 is 0 Å². The Morgan fingerprint density at radius 3 is 2.68 bits per heavy atom. The van der Waals surface area contributed by atoms with Gasteiger partial charge < -0.3 is 21.1 Å². The molecule has 2 heterocycles. The minimum atomic E-state index is 0.171. The van der Waals surface area contributed by atoms with Crippen molar-refractivity contribution in [3.8, 4) is 5.75 Å². The second-order valence-electron chi connectivity index (χ2n) is 5.89. The molecule has 0 atom stereocenters. The zero-order valence-corrected chi connectivity index (χ0v) is 13.6. The number of para-hydroxylation sites is 1. The van der Waals surface area contributed by atoms with Crippen molar-refractivity contribution < 1.29 is 5.11 Å². The van der Waals surface area contributed by atoms with E-state index in [-0.39, 0.29) is 5.95 Å². The van der Waals surface area contributed by atoms with Gasteiger partial charge in [0.25, 0.3) is 0 Å². The van der Waals surface area contributed by atoms with Crippen molar-refractivity contribution in [3.63, 3.8) is 0 Å². The first-order valence-electron chi connectivity index (χ1n) is 8.07. The maximum Gasteiger partial charge on any atom is 0.233 e. The summed E-state index contributed by atoms with van der Waals surface area (Å²) in [5.74, 6) is 1.46. The number of hydrogen-bond acceptors (Lipinski definition) is 7. The van der Waals surface area contributed by atoms with Gasteiger partial charge in [-0.05, 0) is 30.2 Å². The predicted octanol–water partition coefficient (Wildman–Crippen LogP) is 2.47. The summed E-state index contributed by atoms with van der Waals surface area (Å²) < 4.78 is 0. The van der Waals surface area contributed by atoms with Crippen molar-refractivity contribution in [2.24, 2.45) is 0 Å². The molecule has 0 saturated heterocycles. The smallest absolute Gasteiger partial charge is 0.233 e. The second kappa shape index (κ2) is 6.27. The van der Waals surface area contributed by atoms with Crippen LogP contribution in [0.4, 0.5) is 23.5 Å². The molecular weight excluding hydrogens is 316 g/mol. The largest absolute Gasteiger partial charge is 0.508 e. The van der Waals surface area contributed by atoms with Crippen LogP contribution in [0, 0.1) is 0 Å². The van der Waals surface area contributed by atoms with Gasteiger partial charge in [-0.3, -0.25) is 0 Å². The van der Waals surface area contributed by atoms with Gasteiger partial charge in [-0.25, -0.2) is 0 Å². The van der Waals surface area contributed by atoms with Gasteiger partial charge in [0, 0.05) is 24.3 Å². The van der Waals surface area contributed by atoms with Gasteiger partial charge >= 0.3 is 0 Å². The number of nitrogens with zero attached hydrogens (tertiary/aromatic N) is 4. The first-order valence-corrected chi connectivity index (χ1v) is 8.07. The molecule has 0 aliphatic carbocycles. The molecule has 1 aliphatic rings. The molecule has 4 rings (SSSR count). The van der Waals surface area contributed by atoms with E-state index in [1.54, 1.807) is 6.07 Å². The van der Waals surface area contributed by atoms with Crippen molar-refractivity contribution in [1.82, 2.24) is 15.0 Å². The van der Waals surface area contributed by atoms with E-state index in [4.69, 9.17) is 5.73 Å². The molecule has 25 heavy (non-hydrogen) atoms. The minimum Gasteiger partial charge on any atom is -0.508 e. The zero-order chi connectivity index (χ0) is 17.2. The Morgan fingerprint density at radius 1 is 1.00 bits per heavy atom. The monoisotopic (exact) mass is 334 g/mol. The molecule has 1 aliphatic heterocycles. The van der Waals surface area contributed by atoms with E-state index < -0.39 is 0 Å². The number of nitrogens with one attached hydrogen (secondary N) is 1. The summed E-state index contributed by atoms with van der Waals surface area (Å²) >= 11 is 0. The number of benzene rings is 2. The molecule has 0 amide bonds. The SMILES string of the molecule is Nc1nc(Nc2ccccc2)nc(N2CCc3c(O)cccc3C2)n1. The number of phenolic OH excluding ortho intramolecular Hbond substituents is 1. The van der Waals surface area contributed by atoms with Gasteiger partial charge in [0.05, 0.1) is 0 Å². The molecular formula is C18H18N6O. The second-order valence-corrected chi connectivity index (χ2v) is 5.89. The summed E-state index contributed by atoms with van der Waals surface area (Å²) in [6.45, 7) is 1.33. The third-order valence-electron chi connectivity index (χ3n) is 4.19. The summed E-state index contributed by atoms with van der Waals surface area (Å²) in [5, 5.41) is 13.1. The number of phenols is 1. The lowest BCUT2D eigenvalue weighted by Gasteiger charge is -2.29. The first kappa shape index (κ1) is 15.2. The minimum absolute atomic E-state index is 0.171. The van der Waals surface area contributed by atoms with E-state index in [1.807, 2.05) is 47.4 Å². The van der Waals surface area contributed by atoms with E-state index in [1.165, 1.54) is 0 Å². The Bertz CT molecular complexity index is 899. The molecule has 3 aromatic rings. The molecule has 4 N–H and O–H groups in total. The maximum absolute atomic E-state index is 9.98. The van der Waals surface area contributed by atoms with E-state index in [9.17, 15) is 5.11 Å². The highest BCUT2D eigenvalue weighted by atomic mass is 16.3. The van der Waals surface area contributed by atoms with Crippen LogP contribution in [-0.2, 0) is 13.0 Å². The Labute approximate surface area is 145 Å². The lowest BCUT2D eigenvalue weighted by Crippen LogP contribution is -2.32. The number of hydrogen-bond donors (Lipinski definition) is 3.